The van der Waals surface area contributed by atoms with Crippen LogP contribution in [0.5, 0.6) is 0 Å². The van der Waals surface area contributed by atoms with Gasteiger partial charge in [0.25, 0.3) is 0 Å². The number of Topliss-reactive ketones (excluding diaryl/α,β-unsaturated/α-hetero) is 1. The molecule has 76 valence electrons. The lowest BCUT2D eigenvalue weighted by Gasteiger charge is -2.23. The van der Waals surface area contributed by atoms with E-state index in [1.165, 1.54) is 19.3 Å². The van der Waals surface area contributed by atoms with Gasteiger partial charge in [0, 0.05) is 5.92 Å². The van der Waals surface area contributed by atoms with E-state index in [1.807, 2.05) is 6.07 Å². The summed E-state index contributed by atoms with van der Waals surface area (Å²) in [5, 5.41) is 0. The van der Waals surface area contributed by atoms with Crippen molar-refractivity contribution in [3.05, 3.63) is 22.1 Å². The van der Waals surface area contributed by atoms with Gasteiger partial charge in [0.1, 0.15) is 17.3 Å². The Morgan fingerprint density at radius 3 is 2.86 bits per heavy atom. The van der Waals surface area contributed by atoms with Crippen LogP contribution in [0.4, 0.5) is 0 Å². The van der Waals surface area contributed by atoms with Crippen molar-refractivity contribution in [2.24, 2.45) is 0 Å². The van der Waals surface area contributed by atoms with Gasteiger partial charge in [-0.1, -0.05) is 6.42 Å². The van der Waals surface area contributed by atoms with E-state index < -0.39 is 0 Å². The molecule has 0 aliphatic heterocycles. The Hall–Kier alpha value is -0.570. The molecule has 1 saturated carbocycles. The summed E-state index contributed by atoms with van der Waals surface area (Å²) in [6.45, 7) is 1.58. The van der Waals surface area contributed by atoms with Crippen LogP contribution >= 0.6 is 15.9 Å². The molecule has 1 aromatic heterocycles. The van der Waals surface area contributed by atoms with Crippen molar-refractivity contribution >= 4 is 21.7 Å². The zero-order valence-corrected chi connectivity index (χ0v) is 9.76. The smallest absolute Gasteiger partial charge is 0.137 e. The van der Waals surface area contributed by atoms with E-state index in [0.717, 1.165) is 16.0 Å². The first-order chi connectivity index (χ1) is 6.66. The maximum absolute atomic E-state index is 10.9. The first kappa shape index (κ1) is 9.97. The van der Waals surface area contributed by atoms with Gasteiger partial charge in [0.15, 0.2) is 0 Å². The highest BCUT2D eigenvalue weighted by molar-refractivity contribution is 9.10. The molecule has 1 aromatic rings. The van der Waals surface area contributed by atoms with Crippen molar-refractivity contribution in [1.82, 2.24) is 0 Å². The standard InChI is InChI=1S/C11H13BrO2/c1-7(13)5-9-6-10(12)11(14-9)8-3-2-4-8/h6,8H,2-5H2,1H3. The molecule has 1 aliphatic carbocycles. The van der Waals surface area contributed by atoms with Crippen LogP contribution < -0.4 is 0 Å². The number of ketones is 1. The molecule has 3 heteroatoms. The molecule has 0 bridgehead atoms. The first-order valence-electron chi connectivity index (χ1n) is 4.94. The summed E-state index contributed by atoms with van der Waals surface area (Å²) in [6.07, 6.45) is 4.13. The van der Waals surface area contributed by atoms with Crippen LogP contribution in [0.3, 0.4) is 0 Å². The zero-order valence-electron chi connectivity index (χ0n) is 8.18. The molecular formula is C11H13BrO2. The van der Waals surface area contributed by atoms with E-state index in [-0.39, 0.29) is 5.78 Å². The highest BCUT2D eigenvalue weighted by Gasteiger charge is 2.25. The number of furan rings is 1. The average Bonchev–Trinajstić information content (AvgIpc) is 2.27. The molecule has 2 nitrogen and oxygen atoms in total. The third-order valence-electron chi connectivity index (χ3n) is 2.66. The highest BCUT2D eigenvalue weighted by Crippen LogP contribution is 2.41. The van der Waals surface area contributed by atoms with E-state index in [2.05, 4.69) is 15.9 Å². The Morgan fingerprint density at radius 1 is 1.64 bits per heavy atom. The Balaban J connectivity index is 2.16. The second-order valence-electron chi connectivity index (χ2n) is 3.93. The third kappa shape index (κ3) is 1.92. The fourth-order valence-corrected chi connectivity index (χ4v) is 2.37. The third-order valence-corrected chi connectivity index (χ3v) is 3.28. The van der Waals surface area contributed by atoms with Crippen LogP contribution in [0, 0.1) is 0 Å². The number of carbonyl (C=O) groups is 1. The minimum atomic E-state index is 0.145. The minimum absolute atomic E-state index is 0.145. The summed E-state index contributed by atoms with van der Waals surface area (Å²) in [7, 11) is 0. The van der Waals surface area contributed by atoms with E-state index in [9.17, 15) is 4.79 Å². The second kappa shape index (κ2) is 3.89. The van der Waals surface area contributed by atoms with Gasteiger partial charge in [-0.05, 0) is 41.8 Å². The maximum Gasteiger partial charge on any atom is 0.137 e. The summed E-state index contributed by atoms with van der Waals surface area (Å²) >= 11 is 3.48. The molecule has 2 rings (SSSR count). The Bertz CT molecular complexity index is 350. The van der Waals surface area contributed by atoms with Crippen molar-refractivity contribution in [3.63, 3.8) is 0 Å². The molecule has 0 aromatic carbocycles. The van der Waals surface area contributed by atoms with Gasteiger partial charge in [0.2, 0.25) is 0 Å². The first-order valence-corrected chi connectivity index (χ1v) is 5.73. The Kier molecular flexibility index (Phi) is 2.77. The minimum Gasteiger partial charge on any atom is -0.464 e. The van der Waals surface area contributed by atoms with Crippen LogP contribution in [0.2, 0.25) is 0 Å². The number of hydrogen-bond donors (Lipinski definition) is 0. The summed E-state index contributed by atoms with van der Waals surface area (Å²) in [5.41, 5.74) is 0. The summed E-state index contributed by atoms with van der Waals surface area (Å²) < 4.78 is 6.69. The Morgan fingerprint density at radius 2 is 2.36 bits per heavy atom. The van der Waals surface area contributed by atoms with E-state index in [1.54, 1.807) is 6.92 Å². The van der Waals surface area contributed by atoms with Crippen LogP contribution in [0.1, 0.15) is 43.6 Å². The topological polar surface area (TPSA) is 30.2 Å². The molecule has 0 amide bonds. The van der Waals surface area contributed by atoms with Crippen LogP contribution in [-0.2, 0) is 11.2 Å². The van der Waals surface area contributed by atoms with Crippen molar-refractivity contribution in [2.45, 2.75) is 38.5 Å². The fourth-order valence-electron chi connectivity index (χ4n) is 1.71. The molecular weight excluding hydrogens is 244 g/mol. The number of halogens is 1. The summed E-state index contributed by atoms with van der Waals surface area (Å²) in [4.78, 5) is 10.9. The number of carbonyl (C=O) groups excluding carboxylic acids is 1. The molecule has 14 heavy (non-hydrogen) atoms. The van der Waals surface area contributed by atoms with E-state index in [4.69, 9.17) is 4.42 Å². The SMILES string of the molecule is CC(=O)Cc1cc(Br)c(C2CCC2)o1. The zero-order chi connectivity index (χ0) is 10.1. The monoisotopic (exact) mass is 256 g/mol. The highest BCUT2D eigenvalue weighted by atomic mass is 79.9. The molecule has 0 spiro atoms. The van der Waals surface area contributed by atoms with Gasteiger partial charge >= 0.3 is 0 Å². The van der Waals surface area contributed by atoms with Crippen LogP contribution in [-0.4, -0.2) is 5.78 Å². The van der Waals surface area contributed by atoms with Gasteiger partial charge in [-0.25, -0.2) is 0 Å². The predicted octanol–water partition coefficient (Wildman–Crippen LogP) is 3.44. The largest absolute Gasteiger partial charge is 0.464 e. The molecule has 1 fully saturated rings. The quantitative estimate of drug-likeness (QED) is 0.830. The lowest BCUT2D eigenvalue weighted by Crippen LogP contribution is -2.07. The average molecular weight is 257 g/mol. The lowest BCUT2D eigenvalue weighted by atomic mass is 9.84. The van der Waals surface area contributed by atoms with Crippen LogP contribution in [0.25, 0.3) is 0 Å². The van der Waals surface area contributed by atoms with E-state index in [0.29, 0.717) is 12.3 Å². The van der Waals surface area contributed by atoms with Crippen molar-refractivity contribution in [2.75, 3.05) is 0 Å². The molecule has 0 radical (unpaired) electrons. The van der Waals surface area contributed by atoms with Crippen LogP contribution in [0.15, 0.2) is 15.0 Å². The molecule has 0 N–H and O–H groups in total. The lowest BCUT2D eigenvalue weighted by molar-refractivity contribution is -0.116. The summed E-state index contributed by atoms with van der Waals surface area (Å²) in [5.74, 6) is 2.54. The van der Waals surface area contributed by atoms with Gasteiger partial charge in [-0.2, -0.15) is 0 Å². The van der Waals surface area contributed by atoms with E-state index >= 15 is 0 Å². The number of rotatable bonds is 3. The summed E-state index contributed by atoms with van der Waals surface area (Å²) in [6, 6.07) is 1.93. The molecule has 1 aliphatic rings. The molecule has 0 unspecified atom stereocenters. The predicted molar refractivity (Wildman–Crippen MR) is 57.4 cm³/mol. The van der Waals surface area contributed by atoms with Gasteiger partial charge < -0.3 is 4.42 Å². The maximum atomic E-state index is 10.9. The van der Waals surface area contributed by atoms with Crippen molar-refractivity contribution in [1.29, 1.82) is 0 Å². The fraction of sp³-hybridized carbons (Fsp3) is 0.545. The normalized spacial score (nSPS) is 16.7. The van der Waals surface area contributed by atoms with Gasteiger partial charge in [0.05, 0.1) is 10.9 Å². The van der Waals surface area contributed by atoms with Gasteiger partial charge in [-0.15, -0.1) is 0 Å². The second-order valence-corrected chi connectivity index (χ2v) is 4.79. The van der Waals surface area contributed by atoms with Gasteiger partial charge in [-0.3, -0.25) is 4.79 Å². The molecule has 0 atom stereocenters. The molecule has 0 saturated heterocycles. The van der Waals surface area contributed by atoms with Crippen molar-refractivity contribution in [3.8, 4) is 0 Å². The molecule has 1 heterocycles. The van der Waals surface area contributed by atoms with Crippen molar-refractivity contribution < 1.29 is 9.21 Å². The Labute approximate surface area is 91.8 Å². The number of hydrogen-bond acceptors (Lipinski definition) is 2.